The van der Waals surface area contributed by atoms with E-state index in [0.717, 1.165) is 47.8 Å². The van der Waals surface area contributed by atoms with Crippen molar-refractivity contribution in [2.45, 2.75) is 50.6 Å². The van der Waals surface area contributed by atoms with Crippen LogP contribution in [0.5, 0.6) is 0 Å². The van der Waals surface area contributed by atoms with E-state index in [-0.39, 0.29) is 29.4 Å². The third kappa shape index (κ3) is 5.85. The number of nitrogens with zero attached hydrogens (tertiary/aromatic N) is 2. The molecule has 2 aromatic rings. The molecular weight excluding hydrogens is 494 g/mol. The highest BCUT2D eigenvalue weighted by Gasteiger charge is 2.41. The van der Waals surface area contributed by atoms with E-state index in [4.69, 9.17) is 4.74 Å². The molecule has 2 N–H and O–H groups in total. The largest absolute Gasteiger partial charge is 0.466 e. The molecule has 0 saturated heterocycles. The summed E-state index contributed by atoms with van der Waals surface area (Å²) in [5.41, 5.74) is 1.68. The Morgan fingerprint density at radius 1 is 1.11 bits per heavy atom. The van der Waals surface area contributed by atoms with Crippen LogP contribution in [-0.4, -0.2) is 54.7 Å². The number of esters is 1. The van der Waals surface area contributed by atoms with E-state index in [1.165, 1.54) is 25.7 Å². The second kappa shape index (κ2) is 12.2. The average Bonchev–Trinajstić information content (AvgIpc) is 2.93. The number of hydrogen-bond acceptors (Lipinski definition) is 5. The van der Waals surface area contributed by atoms with Crippen LogP contribution in [0.15, 0.2) is 59.8 Å². The van der Waals surface area contributed by atoms with Crippen LogP contribution in [0.4, 0.5) is 13.6 Å². The smallest absolute Gasteiger partial charge is 0.341 e. The van der Waals surface area contributed by atoms with E-state index in [9.17, 15) is 23.2 Å². The van der Waals surface area contributed by atoms with Crippen molar-refractivity contribution in [3.05, 3.63) is 82.6 Å². The van der Waals surface area contributed by atoms with Crippen molar-refractivity contribution in [2.75, 3.05) is 20.2 Å². The zero-order valence-electron chi connectivity index (χ0n) is 21.5. The van der Waals surface area contributed by atoms with Crippen LogP contribution < -0.4 is 10.6 Å². The third-order valence-corrected chi connectivity index (χ3v) is 7.26. The van der Waals surface area contributed by atoms with Crippen molar-refractivity contribution in [1.29, 1.82) is 0 Å². The summed E-state index contributed by atoms with van der Waals surface area (Å²) >= 11 is 0. The number of methoxy groups -OCH3 is 1. The van der Waals surface area contributed by atoms with E-state index in [2.05, 4.69) is 34.9 Å². The van der Waals surface area contributed by atoms with Gasteiger partial charge in [-0.05, 0) is 61.8 Å². The van der Waals surface area contributed by atoms with Crippen LogP contribution in [0.2, 0.25) is 0 Å². The molecule has 1 aliphatic heterocycles. The van der Waals surface area contributed by atoms with Crippen LogP contribution in [0.3, 0.4) is 0 Å². The van der Waals surface area contributed by atoms with Gasteiger partial charge < -0.3 is 15.4 Å². The number of amides is 3. The molecule has 2 aromatic carbocycles. The molecule has 202 valence electrons. The molecule has 2 aliphatic rings. The van der Waals surface area contributed by atoms with Gasteiger partial charge in [0.1, 0.15) is 6.04 Å². The first-order chi connectivity index (χ1) is 18.3. The Kier molecular flexibility index (Phi) is 8.73. The number of benzene rings is 2. The molecule has 4 rings (SSSR count). The maximum Gasteiger partial charge on any atom is 0.341 e. The minimum Gasteiger partial charge on any atom is -0.466 e. The molecule has 8 nitrogen and oxygen atoms in total. The lowest BCUT2D eigenvalue weighted by molar-refractivity contribution is -0.141. The molecule has 38 heavy (non-hydrogen) atoms. The van der Waals surface area contributed by atoms with Crippen LogP contribution in [-0.2, 0) is 14.3 Å². The maximum atomic E-state index is 14.2. The van der Waals surface area contributed by atoms with Crippen LogP contribution in [0.1, 0.15) is 55.7 Å². The molecule has 0 aromatic heterocycles. The summed E-state index contributed by atoms with van der Waals surface area (Å²) in [6.07, 6.45) is 4.56. The van der Waals surface area contributed by atoms with Gasteiger partial charge in [-0.1, -0.05) is 36.4 Å². The lowest BCUT2D eigenvalue weighted by Crippen LogP contribution is -2.57. The standard InChI is InChI=1S/C28H32F2N4O4/c1-18-25(27(36)38-2)26(21-10-13-23(29)24(30)16-21)34(28(37)32-18)33(17-35)15-14-31-22-11-8-20(9-12-22)19-6-4-3-5-7-19/h3-7,10,13,16-17,20,22,26,31H,8-9,11-12,14-15H2,1-2H3,(H,32,37)/t20-,22-,26?. The lowest BCUT2D eigenvalue weighted by Gasteiger charge is -2.42. The van der Waals surface area contributed by atoms with Crippen LogP contribution >= 0.6 is 0 Å². The number of hydrogen-bond donors (Lipinski definition) is 2. The number of ether oxygens (including phenoxy) is 1. The third-order valence-electron chi connectivity index (χ3n) is 7.26. The zero-order valence-corrected chi connectivity index (χ0v) is 21.5. The lowest BCUT2D eigenvalue weighted by atomic mass is 9.82. The summed E-state index contributed by atoms with van der Waals surface area (Å²) in [5.74, 6) is -2.44. The van der Waals surface area contributed by atoms with Gasteiger partial charge in [-0.25, -0.2) is 23.4 Å². The van der Waals surface area contributed by atoms with Crippen molar-refractivity contribution in [3.8, 4) is 0 Å². The number of halogens is 2. The molecule has 1 atom stereocenters. The number of carbonyl (C=O) groups is 3. The molecule has 1 aliphatic carbocycles. The summed E-state index contributed by atoms with van der Waals surface area (Å²) in [6, 6.07) is 11.9. The number of urea groups is 1. The van der Waals surface area contributed by atoms with Gasteiger partial charge in [0.2, 0.25) is 6.41 Å². The molecule has 1 fully saturated rings. The van der Waals surface area contributed by atoms with E-state index in [1.54, 1.807) is 0 Å². The minimum atomic E-state index is -1.20. The second-order valence-corrected chi connectivity index (χ2v) is 9.56. The van der Waals surface area contributed by atoms with Gasteiger partial charge in [-0.15, -0.1) is 0 Å². The SMILES string of the molecule is COC(=O)C1=C(C)NC(=O)N(N(C=O)CCN[C@H]2CC[C@H](c3ccccc3)CC2)C1c1ccc(F)c(F)c1. The Morgan fingerprint density at radius 2 is 1.82 bits per heavy atom. The first-order valence-electron chi connectivity index (χ1n) is 12.7. The van der Waals surface area contributed by atoms with Gasteiger partial charge in [-0.2, -0.15) is 0 Å². The quantitative estimate of drug-likeness (QED) is 0.378. The summed E-state index contributed by atoms with van der Waals surface area (Å²) < 4.78 is 32.8. The van der Waals surface area contributed by atoms with Gasteiger partial charge >= 0.3 is 12.0 Å². The number of rotatable bonds is 9. The Balaban J connectivity index is 1.47. The summed E-state index contributed by atoms with van der Waals surface area (Å²) in [4.78, 5) is 37.9. The van der Waals surface area contributed by atoms with Gasteiger partial charge in [-0.3, -0.25) is 9.80 Å². The maximum absolute atomic E-state index is 14.2. The highest BCUT2D eigenvalue weighted by atomic mass is 19.2. The first-order valence-corrected chi connectivity index (χ1v) is 12.7. The van der Waals surface area contributed by atoms with Crippen molar-refractivity contribution >= 4 is 18.4 Å². The second-order valence-electron chi connectivity index (χ2n) is 9.56. The van der Waals surface area contributed by atoms with Gasteiger partial charge in [0.05, 0.1) is 19.2 Å². The van der Waals surface area contributed by atoms with Gasteiger partial charge in [0.15, 0.2) is 11.6 Å². The van der Waals surface area contributed by atoms with E-state index in [1.807, 2.05) is 6.07 Å². The molecule has 1 heterocycles. The Morgan fingerprint density at radius 3 is 2.45 bits per heavy atom. The van der Waals surface area contributed by atoms with Gasteiger partial charge in [0, 0.05) is 18.3 Å². The Hall–Kier alpha value is -3.79. The highest BCUT2D eigenvalue weighted by Crippen LogP contribution is 2.36. The van der Waals surface area contributed by atoms with E-state index < -0.39 is 29.7 Å². The Labute approximate surface area is 220 Å². The van der Waals surface area contributed by atoms with Crippen molar-refractivity contribution in [2.24, 2.45) is 0 Å². The van der Waals surface area contributed by atoms with E-state index in [0.29, 0.717) is 18.9 Å². The summed E-state index contributed by atoms with van der Waals surface area (Å²) in [6.45, 7) is 2.01. The number of nitrogens with one attached hydrogen (secondary N) is 2. The molecule has 10 heteroatoms. The fraction of sp³-hybridized carbons (Fsp3) is 0.393. The number of hydrazine groups is 1. The predicted octanol–water partition coefficient (Wildman–Crippen LogP) is 4.17. The van der Waals surface area contributed by atoms with Crippen molar-refractivity contribution < 1.29 is 27.9 Å². The molecule has 1 unspecified atom stereocenters. The fourth-order valence-corrected chi connectivity index (χ4v) is 5.31. The number of allylic oxidation sites excluding steroid dienone is 1. The minimum absolute atomic E-state index is 0.0113. The van der Waals surface area contributed by atoms with Gasteiger partial charge in [0.25, 0.3) is 0 Å². The molecule has 3 amide bonds. The summed E-state index contributed by atoms with van der Waals surface area (Å²) in [7, 11) is 1.18. The first kappa shape index (κ1) is 27.3. The molecule has 1 saturated carbocycles. The van der Waals surface area contributed by atoms with Crippen molar-refractivity contribution in [3.63, 3.8) is 0 Å². The average molecular weight is 527 g/mol. The number of carbonyl (C=O) groups excluding carboxylic acids is 3. The monoisotopic (exact) mass is 526 g/mol. The molecular formula is C28H32F2N4O4. The zero-order chi connectivity index (χ0) is 27.2. The Bertz CT molecular complexity index is 1200. The van der Waals surface area contributed by atoms with E-state index >= 15 is 0 Å². The van der Waals surface area contributed by atoms with Crippen molar-refractivity contribution in [1.82, 2.24) is 20.7 Å². The van der Waals surface area contributed by atoms with Crippen LogP contribution in [0.25, 0.3) is 0 Å². The summed E-state index contributed by atoms with van der Waals surface area (Å²) in [5, 5.41) is 8.22. The molecule has 0 bridgehead atoms. The van der Waals surface area contributed by atoms with Crippen LogP contribution in [0, 0.1) is 11.6 Å². The predicted molar refractivity (Wildman–Crippen MR) is 136 cm³/mol. The highest BCUT2D eigenvalue weighted by molar-refractivity contribution is 5.95. The molecule has 0 spiro atoms. The molecule has 0 radical (unpaired) electrons. The topological polar surface area (TPSA) is 91.0 Å². The fourth-order valence-electron chi connectivity index (χ4n) is 5.31. The normalized spacial score (nSPS) is 21.6.